The van der Waals surface area contributed by atoms with Crippen molar-refractivity contribution >= 4 is 0 Å². The van der Waals surface area contributed by atoms with Crippen LogP contribution in [0.2, 0.25) is 0 Å². The molecule has 2 saturated carbocycles. The van der Waals surface area contributed by atoms with Gasteiger partial charge in [-0.2, -0.15) is 0 Å². The van der Waals surface area contributed by atoms with Gasteiger partial charge in [0, 0.05) is 0 Å². The molecule has 0 aliphatic heterocycles. The van der Waals surface area contributed by atoms with Crippen LogP contribution in [0.4, 0.5) is 0 Å². The zero-order chi connectivity index (χ0) is 27.9. The molecule has 4 aromatic carbocycles. The molecule has 0 heteroatoms. The second-order valence-corrected chi connectivity index (χ2v) is 12.9. The molecule has 0 atom stereocenters. The van der Waals surface area contributed by atoms with Gasteiger partial charge in [0.2, 0.25) is 0 Å². The van der Waals surface area contributed by atoms with Gasteiger partial charge in [0.25, 0.3) is 0 Å². The van der Waals surface area contributed by atoms with Crippen molar-refractivity contribution in [1.82, 2.24) is 0 Å². The first-order chi connectivity index (χ1) is 19.4. The summed E-state index contributed by atoms with van der Waals surface area (Å²) in [4.78, 5) is 0. The highest BCUT2D eigenvalue weighted by Gasteiger charge is 2.20. The molecule has 2 fully saturated rings. The minimum Gasteiger partial charge on any atom is -0.0625 e. The van der Waals surface area contributed by atoms with Crippen molar-refractivity contribution in [2.24, 2.45) is 11.8 Å². The molecule has 0 aromatic heterocycles. The summed E-state index contributed by atoms with van der Waals surface area (Å²) in [5.41, 5.74) is 11.0. The largest absolute Gasteiger partial charge is 0.0625 e. The second kappa shape index (κ2) is 13.5. The van der Waals surface area contributed by atoms with E-state index in [-0.39, 0.29) is 0 Å². The molecule has 208 valence electrons. The first-order valence-corrected chi connectivity index (χ1v) is 15.8. The summed E-state index contributed by atoms with van der Waals surface area (Å²) in [5.74, 6) is 3.44. The van der Waals surface area contributed by atoms with E-state index >= 15 is 0 Å². The van der Waals surface area contributed by atoms with E-state index < -0.39 is 0 Å². The highest BCUT2D eigenvalue weighted by atomic mass is 14.3. The number of aryl methyl sites for hydroxylation is 2. The third-order valence-corrected chi connectivity index (χ3v) is 9.57. The average Bonchev–Trinajstić information content (AvgIpc) is 2.99. The molecule has 0 nitrogen and oxygen atoms in total. The predicted molar refractivity (Wildman–Crippen MR) is 174 cm³/mol. The van der Waals surface area contributed by atoms with Gasteiger partial charge in [0.05, 0.1) is 0 Å². The Labute approximate surface area is 243 Å². The van der Waals surface area contributed by atoms with Crippen molar-refractivity contribution in [1.29, 1.82) is 0 Å². The predicted octanol–water partition coefficient (Wildman–Crippen LogP) is 11.9. The average molecular weight is 529 g/mol. The number of benzene rings is 4. The topological polar surface area (TPSA) is 0 Å². The molecule has 0 radical (unpaired) electrons. The molecule has 2 aliphatic rings. The summed E-state index contributed by atoms with van der Waals surface area (Å²) in [7, 11) is 0. The zero-order valence-corrected chi connectivity index (χ0v) is 25.2. The smallest absolute Gasteiger partial charge is 0.0162 e. The molecule has 40 heavy (non-hydrogen) atoms. The lowest BCUT2D eigenvalue weighted by Gasteiger charge is -2.26. The molecule has 0 unspecified atom stereocenters. The molecule has 0 saturated heterocycles. The number of rotatable bonds is 4. The van der Waals surface area contributed by atoms with Gasteiger partial charge in [-0.1, -0.05) is 148 Å². The molecule has 6 rings (SSSR count). The Balaban J connectivity index is 0.000000161. The highest BCUT2D eigenvalue weighted by Crippen LogP contribution is 2.37. The fourth-order valence-corrected chi connectivity index (χ4v) is 6.57. The highest BCUT2D eigenvalue weighted by molar-refractivity contribution is 5.65. The summed E-state index contributed by atoms with van der Waals surface area (Å²) < 4.78 is 0. The van der Waals surface area contributed by atoms with Crippen LogP contribution in [0.15, 0.2) is 97.1 Å². The maximum absolute atomic E-state index is 2.39. The van der Waals surface area contributed by atoms with E-state index in [0.717, 1.165) is 23.7 Å². The summed E-state index contributed by atoms with van der Waals surface area (Å²) in [6, 6.07) is 36.1. The minimum absolute atomic E-state index is 0.790. The van der Waals surface area contributed by atoms with Gasteiger partial charge >= 0.3 is 0 Å². The molecule has 4 aromatic rings. The Morgan fingerprint density at radius 2 is 0.600 bits per heavy atom. The lowest BCUT2D eigenvalue weighted by molar-refractivity contribution is 0.348. The van der Waals surface area contributed by atoms with Crippen molar-refractivity contribution in [2.75, 3.05) is 0 Å². The van der Waals surface area contributed by atoms with Crippen LogP contribution in [0, 0.1) is 25.7 Å². The van der Waals surface area contributed by atoms with Crippen molar-refractivity contribution in [3.05, 3.63) is 119 Å². The first kappa shape index (κ1) is 28.4. The lowest BCUT2D eigenvalue weighted by Crippen LogP contribution is -2.10. The number of hydrogen-bond donors (Lipinski definition) is 0. The number of hydrogen-bond acceptors (Lipinski definition) is 0. The van der Waals surface area contributed by atoms with Gasteiger partial charge in [0.15, 0.2) is 0 Å². The molecule has 0 bridgehead atoms. The maximum atomic E-state index is 2.39. The third kappa shape index (κ3) is 7.54. The first-order valence-electron chi connectivity index (χ1n) is 15.8. The normalized spacial score (nSPS) is 22.7. The quantitative estimate of drug-likeness (QED) is 0.247. The van der Waals surface area contributed by atoms with Crippen LogP contribution in [0.1, 0.15) is 99.3 Å². The van der Waals surface area contributed by atoms with Crippen LogP contribution in [-0.4, -0.2) is 0 Å². The molecule has 0 spiro atoms. The summed E-state index contributed by atoms with van der Waals surface area (Å²) >= 11 is 0. The summed E-state index contributed by atoms with van der Waals surface area (Å²) in [6.45, 7) is 9.04. The van der Waals surface area contributed by atoms with E-state index in [0.29, 0.717) is 0 Å². The van der Waals surface area contributed by atoms with Gasteiger partial charge in [-0.3, -0.25) is 0 Å². The van der Waals surface area contributed by atoms with Crippen molar-refractivity contribution in [3.63, 3.8) is 0 Å². The lowest BCUT2D eigenvalue weighted by atomic mass is 9.79. The van der Waals surface area contributed by atoms with Gasteiger partial charge in [-0.25, -0.2) is 0 Å². The van der Waals surface area contributed by atoms with E-state index in [2.05, 4.69) is 125 Å². The molecule has 0 N–H and O–H groups in total. The third-order valence-electron chi connectivity index (χ3n) is 9.57. The Hall–Kier alpha value is -3.12. The molecular weight excluding hydrogens is 480 g/mol. The van der Waals surface area contributed by atoms with Crippen LogP contribution in [-0.2, 0) is 0 Å². The SMILES string of the molecule is Cc1ccc(-c2ccc(C3CCC(C)CC3)cc2)cc1.Cc1ccc(-c2ccc(C3CCC(C)CC3)cc2)cc1. The molecule has 0 heterocycles. The van der Waals surface area contributed by atoms with Crippen LogP contribution >= 0.6 is 0 Å². The molecular formula is C40H48. The molecule has 2 aliphatic carbocycles. The van der Waals surface area contributed by atoms with Gasteiger partial charge in [-0.15, -0.1) is 0 Å². The van der Waals surface area contributed by atoms with Gasteiger partial charge in [-0.05, 0) is 96.6 Å². The standard InChI is InChI=1S/2C20H24/c2*1-15-3-7-17(8-4-15)19-11-13-20(14-12-19)18-9-5-16(2)6-10-18/h2*3-4,7-8,11-14,16,18H,5-6,9-10H2,1-2H3. The minimum atomic E-state index is 0.790. The zero-order valence-electron chi connectivity index (χ0n) is 25.2. The Morgan fingerprint density at radius 1 is 0.350 bits per heavy atom. The van der Waals surface area contributed by atoms with E-state index in [1.807, 2.05) is 0 Å². The Bertz CT molecular complexity index is 1190. The van der Waals surface area contributed by atoms with Gasteiger partial charge < -0.3 is 0 Å². The Morgan fingerprint density at radius 3 is 0.875 bits per heavy atom. The molecule has 0 amide bonds. The van der Waals surface area contributed by atoms with Crippen LogP contribution in [0.3, 0.4) is 0 Å². The van der Waals surface area contributed by atoms with E-state index in [9.17, 15) is 0 Å². The van der Waals surface area contributed by atoms with Crippen molar-refractivity contribution in [2.45, 2.75) is 90.9 Å². The summed E-state index contributed by atoms with van der Waals surface area (Å²) in [6.07, 6.45) is 11.0. The maximum Gasteiger partial charge on any atom is -0.0162 e. The monoisotopic (exact) mass is 528 g/mol. The van der Waals surface area contributed by atoms with Crippen LogP contribution in [0.5, 0.6) is 0 Å². The van der Waals surface area contributed by atoms with E-state index in [4.69, 9.17) is 0 Å². The van der Waals surface area contributed by atoms with Gasteiger partial charge in [0.1, 0.15) is 0 Å². The second-order valence-electron chi connectivity index (χ2n) is 12.9. The fourth-order valence-electron chi connectivity index (χ4n) is 6.57. The van der Waals surface area contributed by atoms with E-state index in [1.165, 1.54) is 95.9 Å². The van der Waals surface area contributed by atoms with Crippen molar-refractivity contribution in [3.8, 4) is 22.3 Å². The summed E-state index contributed by atoms with van der Waals surface area (Å²) in [5, 5.41) is 0. The van der Waals surface area contributed by atoms with Crippen LogP contribution in [0.25, 0.3) is 22.3 Å². The fraction of sp³-hybridized carbons (Fsp3) is 0.400. The Kier molecular flexibility index (Phi) is 9.58. The van der Waals surface area contributed by atoms with Crippen LogP contribution < -0.4 is 0 Å². The van der Waals surface area contributed by atoms with Crippen molar-refractivity contribution < 1.29 is 0 Å². The van der Waals surface area contributed by atoms with E-state index in [1.54, 1.807) is 0 Å².